The number of nitrogens with zero attached hydrogens (tertiary/aromatic N) is 1. The first-order chi connectivity index (χ1) is 8.82. The minimum atomic E-state index is -0.966. The third kappa shape index (κ3) is 4.24. The fourth-order valence-corrected chi connectivity index (χ4v) is 2.39. The van der Waals surface area contributed by atoms with Crippen LogP contribution in [0.5, 0.6) is 0 Å². The maximum absolute atomic E-state index is 11.6. The molecule has 0 aliphatic carbocycles. The molecule has 0 fully saturated rings. The Hall–Kier alpha value is -1.56. The minimum Gasteiger partial charge on any atom is -0.299 e. The first-order valence-electron chi connectivity index (χ1n) is 5.71. The van der Waals surface area contributed by atoms with E-state index in [1.165, 1.54) is 13.8 Å². The number of carbonyl (C=O) groups is 2. The zero-order valence-corrected chi connectivity index (χ0v) is 12.2. The van der Waals surface area contributed by atoms with Crippen molar-refractivity contribution in [2.45, 2.75) is 19.8 Å². The monoisotopic (exact) mass is 327 g/mol. The second-order valence-electron chi connectivity index (χ2n) is 4.37. The lowest BCUT2D eigenvalue weighted by Gasteiger charge is -2.20. The molecule has 0 spiro atoms. The van der Waals surface area contributed by atoms with Crippen molar-refractivity contribution in [3.05, 3.63) is 44.4 Å². The van der Waals surface area contributed by atoms with Crippen LogP contribution in [0.25, 0.3) is 0 Å². The van der Waals surface area contributed by atoms with Crippen molar-refractivity contribution in [2.24, 2.45) is 5.92 Å². The van der Waals surface area contributed by atoms with E-state index in [1.54, 1.807) is 24.3 Å². The molecule has 0 aromatic heterocycles. The second kappa shape index (κ2) is 6.56. The van der Waals surface area contributed by atoms with Gasteiger partial charge in [-0.1, -0.05) is 28.1 Å². The molecule has 0 saturated heterocycles. The lowest BCUT2D eigenvalue weighted by molar-refractivity contribution is -0.484. The molecule has 1 rings (SSSR count). The zero-order chi connectivity index (χ0) is 14.6. The third-order valence-electron chi connectivity index (χ3n) is 2.92. The highest BCUT2D eigenvalue weighted by molar-refractivity contribution is 9.10. The number of nitro groups is 1. The fourth-order valence-electron chi connectivity index (χ4n) is 2.13. The molecular formula is C13H14BrNO4. The summed E-state index contributed by atoms with van der Waals surface area (Å²) in [4.78, 5) is 33.5. The van der Waals surface area contributed by atoms with Crippen LogP contribution >= 0.6 is 15.9 Å². The van der Waals surface area contributed by atoms with E-state index in [1.807, 2.05) is 0 Å². The van der Waals surface area contributed by atoms with Gasteiger partial charge >= 0.3 is 0 Å². The minimum absolute atomic E-state index is 0.345. The average molecular weight is 328 g/mol. The smallest absolute Gasteiger partial charge is 0.211 e. The van der Waals surface area contributed by atoms with E-state index in [9.17, 15) is 19.7 Å². The molecule has 0 bridgehead atoms. The van der Waals surface area contributed by atoms with Gasteiger partial charge in [0.2, 0.25) is 6.54 Å². The molecule has 0 aliphatic heterocycles. The molecular weight excluding hydrogens is 314 g/mol. The Morgan fingerprint density at radius 3 is 2.05 bits per heavy atom. The Morgan fingerprint density at radius 1 is 1.21 bits per heavy atom. The normalized spacial score (nSPS) is 12.2. The summed E-state index contributed by atoms with van der Waals surface area (Å²) in [6.45, 7) is 2.14. The molecule has 0 radical (unpaired) electrons. The molecule has 1 aromatic carbocycles. The number of hydrogen-bond donors (Lipinski definition) is 0. The highest BCUT2D eigenvalue weighted by Crippen LogP contribution is 2.28. The molecule has 1 aromatic rings. The molecule has 19 heavy (non-hydrogen) atoms. The highest BCUT2D eigenvalue weighted by atomic mass is 79.9. The first kappa shape index (κ1) is 15.5. The largest absolute Gasteiger partial charge is 0.299 e. The summed E-state index contributed by atoms with van der Waals surface area (Å²) in [6, 6.07) is 6.85. The summed E-state index contributed by atoms with van der Waals surface area (Å²) in [5.41, 5.74) is 0.621. The number of benzene rings is 1. The Morgan fingerprint density at radius 2 is 1.68 bits per heavy atom. The summed E-state index contributed by atoms with van der Waals surface area (Å²) in [5, 5.41) is 10.8. The van der Waals surface area contributed by atoms with Gasteiger partial charge in [0.1, 0.15) is 11.6 Å². The topological polar surface area (TPSA) is 77.3 Å². The van der Waals surface area contributed by atoms with Gasteiger partial charge < -0.3 is 0 Å². The number of carbonyl (C=O) groups excluding carboxylic acids is 2. The predicted molar refractivity (Wildman–Crippen MR) is 73.6 cm³/mol. The van der Waals surface area contributed by atoms with Gasteiger partial charge in [0.15, 0.2) is 0 Å². The van der Waals surface area contributed by atoms with Crippen molar-refractivity contribution in [3.63, 3.8) is 0 Å². The molecule has 1 atom stereocenters. The first-order valence-corrected chi connectivity index (χ1v) is 6.50. The Kier molecular flexibility index (Phi) is 5.35. The van der Waals surface area contributed by atoms with Crippen molar-refractivity contribution in [1.82, 2.24) is 0 Å². The SMILES string of the molecule is CC(=O)C(C(C)=O)C(C[N+](=O)[O-])c1ccc(Br)cc1. The van der Waals surface area contributed by atoms with E-state index in [0.717, 1.165) is 4.47 Å². The van der Waals surface area contributed by atoms with Gasteiger partial charge in [0.25, 0.3) is 0 Å². The second-order valence-corrected chi connectivity index (χ2v) is 5.29. The van der Waals surface area contributed by atoms with Crippen LogP contribution in [-0.2, 0) is 9.59 Å². The molecule has 0 N–H and O–H groups in total. The standard InChI is InChI=1S/C13H14BrNO4/c1-8(16)13(9(2)17)12(7-15(18)19)10-3-5-11(14)6-4-10/h3-6,12-13H,7H2,1-2H3. The number of halogens is 1. The average Bonchev–Trinajstić information content (AvgIpc) is 2.27. The predicted octanol–water partition coefficient (Wildman–Crippen LogP) is 2.60. The zero-order valence-electron chi connectivity index (χ0n) is 10.6. The molecule has 0 saturated carbocycles. The van der Waals surface area contributed by atoms with Gasteiger partial charge in [-0.05, 0) is 31.5 Å². The van der Waals surface area contributed by atoms with Crippen LogP contribution in [0.1, 0.15) is 25.3 Å². The molecule has 0 aliphatic rings. The molecule has 102 valence electrons. The van der Waals surface area contributed by atoms with Crippen molar-refractivity contribution < 1.29 is 14.5 Å². The van der Waals surface area contributed by atoms with Gasteiger partial charge in [0, 0.05) is 9.40 Å². The van der Waals surface area contributed by atoms with Crippen LogP contribution in [0.2, 0.25) is 0 Å². The van der Waals surface area contributed by atoms with E-state index >= 15 is 0 Å². The van der Waals surface area contributed by atoms with E-state index < -0.39 is 23.3 Å². The van der Waals surface area contributed by atoms with Crippen molar-refractivity contribution in [1.29, 1.82) is 0 Å². The van der Waals surface area contributed by atoms with Crippen LogP contribution in [0.4, 0.5) is 0 Å². The summed E-state index contributed by atoms with van der Waals surface area (Å²) < 4.78 is 0.832. The van der Waals surface area contributed by atoms with Crippen molar-refractivity contribution in [2.75, 3.05) is 6.54 Å². The molecule has 5 nitrogen and oxygen atoms in total. The van der Waals surface area contributed by atoms with Crippen LogP contribution in [0, 0.1) is 16.0 Å². The highest BCUT2D eigenvalue weighted by Gasteiger charge is 2.34. The Bertz CT molecular complexity index is 484. The third-order valence-corrected chi connectivity index (χ3v) is 3.45. The van der Waals surface area contributed by atoms with Gasteiger partial charge in [-0.25, -0.2) is 0 Å². The van der Waals surface area contributed by atoms with Crippen LogP contribution in [-0.4, -0.2) is 23.0 Å². The lowest BCUT2D eigenvalue weighted by Crippen LogP contribution is -2.31. The number of ketones is 2. The Labute approximate surface area is 119 Å². The number of Topliss-reactive ketones (excluding diaryl/α,β-unsaturated/α-hetero) is 2. The quantitative estimate of drug-likeness (QED) is 0.457. The number of rotatable bonds is 6. The van der Waals surface area contributed by atoms with Crippen LogP contribution < -0.4 is 0 Å². The maximum atomic E-state index is 11.6. The van der Waals surface area contributed by atoms with E-state index in [2.05, 4.69) is 15.9 Å². The van der Waals surface area contributed by atoms with Gasteiger partial charge in [-0.3, -0.25) is 19.7 Å². The van der Waals surface area contributed by atoms with E-state index in [0.29, 0.717) is 5.56 Å². The maximum Gasteiger partial charge on any atom is 0.211 e. The molecule has 1 unspecified atom stereocenters. The van der Waals surface area contributed by atoms with E-state index in [4.69, 9.17) is 0 Å². The van der Waals surface area contributed by atoms with Gasteiger partial charge in [-0.15, -0.1) is 0 Å². The molecule has 6 heteroatoms. The molecule has 0 amide bonds. The van der Waals surface area contributed by atoms with Crippen molar-refractivity contribution in [3.8, 4) is 0 Å². The summed E-state index contributed by atoms with van der Waals surface area (Å²) >= 11 is 3.27. The fraction of sp³-hybridized carbons (Fsp3) is 0.385. The molecule has 0 heterocycles. The summed E-state index contributed by atoms with van der Waals surface area (Å²) in [6.07, 6.45) is 0. The Balaban J connectivity index is 3.19. The van der Waals surface area contributed by atoms with Gasteiger partial charge in [0.05, 0.1) is 11.8 Å². The summed E-state index contributed by atoms with van der Waals surface area (Å²) in [5.74, 6) is -2.38. The lowest BCUT2D eigenvalue weighted by atomic mass is 9.81. The van der Waals surface area contributed by atoms with Crippen LogP contribution in [0.3, 0.4) is 0 Å². The van der Waals surface area contributed by atoms with Crippen molar-refractivity contribution >= 4 is 27.5 Å². The number of hydrogen-bond acceptors (Lipinski definition) is 4. The van der Waals surface area contributed by atoms with E-state index in [-0.39, 0.29) is 11.6 Å². The summed E-state index contributed by atoms with van der Waals surface area (Å²) in [7, 11) is 0. The van der Waals surface area contributed by atoms with Crippen LogP contribution in [0.15, 0.2) is 28.7 Å². The van der Waals surface area contributed by atoms with Gasteiger partial charge in [-0.2, -0.15) is 0 Å².